The molecule has 0 atom stereocenters. The largest absolute Gasteiger partial charge is 0.387 e. The second-order valence-corrected chi connectivity index (χ2v) is 2.54. The minimum Gasteiger partial charge on any atom is -0.387 e. The van der Waals surface area contributed by atoms with Gasteiger partial charge in [-0.25, -0.2) is 0 Å². The Morgan fingerprint density at radius 1 is 1.62 bits per heavy atom. The molecule has 2 aromatic heterocycles. The number of aliphatic hydroxyl groups excluding tert-OH is 1. The topological polar surface area (TPSA) is 77.0 Å². The van der Waals surface area contributed by atoms with E-state index >= 15 is 0 Å². The van der Waals surface area contributed by atoms with E-state index in [4.69, 9.17) is 9.63 Å². The molecule has 0 radical (unpaired) electrons. The van der Waals surface area contributed by atoms with Gasteiger partial charge in [0.15, 0.2) is 0 Å². The Bertz CT molecular complexity index is 406. The third-order valence-electron chi connectivity index (χ3n) is 1.55. The molecule has 0 aliphatic heterocycles. The number of aromatic nitrogens is 4. The van der Waals surface area contributed by atoms with Crippen molar-refractivity contribution < 1.29 is 9.63 Å². The molecular weight excluding hydrogens is 172 g/mol. The molecule has 0 bridgehead atoms. The molecule has 0 aliphatic rings. The minimum atomic E-state index is -0.250. The van der Waals surface area contributed by atoms with Crippen molar-refractivity contribution in [2.24, 2.45) is 7.05 Å². The van der Waals surface area contributed by atoms with Crippen molar-refractivity contribution in [3.8, 4) is 11.5 Å². The van der Waals surface area contributed by atoms with Crippen LogP contribution in [-0.2, 0) is 13.7 Å². The second kappa shape index (κ2) is 2.98. The highest BCUT2D eigenvalue weighted by atomic mass is 16.5. The van der Waals surface area contributed by atoms with Gasteiger partial charge in [0.25, 0.3) is 5.89 Å². The zero-order valence-corrected chi connectivity index (χ0v) is 7.01. The molecular formula is C7H8N4O2. The molecule has 2 rings (SSSR count). The summed E-state index contributed by atoms with van der Waals surface area (Å²) < 4.78 is 6.36. The van der Waals surface area contributed by atoms with E-state index in [1.165, 1.54) is 0 Å². The standard InChI is InChI=1S/C7H8N4O2/c1-11-3-2-5(9-11)7-8-6(4-12)13-10-7/h2-3,12H,4H2,1H3. The molecule has 2 aromatic rings. The Balaban J connectivity index is 2.35. The highest BCUT2D eigenvalue weighted by molar-refractivity contribution is 5.46. The Morgan fingerprint density at radius 2 is 2.46 bits per heavy atom. The zero-order chi connectivity index (χ0) is 9.26. The Morgan fingerprint density at radius 3 is 3.00 bits per heavy atom. The van der Waals surface area contributed by atoms with E-state index < -0.39 is 0 Å². The second-order valence-electron chi connectivity index (χ2n) is 2.54. The van der Waals surface area contributed by atoms with Crippen LogP contribution in [0.1, 0.15) is 5.89 Å². The van der Waals surface area contributed by atoms with Gasteiger partial charge in [-0.15, -0.1) is 0 Å². The highest BCUT2D eigenvalue weighted by Gasteiger charge is 2.09. The molecule has 0 aliphatic carbocycles. The van der Waals surface area contributed by atoms with E-state index in [1.54, 1.807) is 24.0 Å². The molecule has 0 aromatic carbocycles. The van der Waals surface area contributed by atoms with Gasteiger partial charge in [0.05, 0.1) is 0 Å². The van der Waals surface area contributed by atoms with Crippen molar-refractivity contribution >= 4 is 0 Å². The van der Waals surface area contributed by atoms with Crippen molar-refractivity contribution in [2.45, 2.75) is 6.61 Å². The summed E-state index contributed by atoms with van der Waals surface area (Å²) in [5.74, 6) is 0.588. The molecule has 6 heteroatoms. The average Bonchev–Trinajstić information content (AvgIpc) is 2.71. The van der Waals surface area contributed by atoms with Crippen LogP contribution >= 0.6 is 0 Å². The van der Waals surface area contributed by atoms with Crippen LogP contribution in [0.2, 0.25) is 0 Å². The van der Waals surface area contributed by atoms with Crippen LogP contribution in [0.3, 0.4) is 0 Å². The summed E-state index contributed by atoms with van der Waals surface area (Å²) in [6, 6.07) is 1.77. The van der Waals surface area contributed by atoms with Crippen molar-refractivity contribution in [1.82, 2.24) is 19.9 Å². The normalized spacial score (nSPS) is 10.6. The molecule has 0 amide bonds. The minimum absolute atomic E-state index is 0.195. The van der Waals surface area contributed by atoms with Crippen LogP contribution in [0.4, 0.5) is 0 Å². The van der Waals surface area contributed by atoms with E-state index in [2.05, 4.69) is 15.2 Å². The summed E-state index contributed by atoms with van der Waals surface area (Å²) in [6.45, 7) is -0.250. The maximum absolute atomic E-state index is 8.68. The summed E-state index contributed by atoms with van der Waals surface area (Å²) in [5, 5.41) is 16.4. The SMILES string of the molecule is Cn1ccc(-c2noc(CO)n2)n1. The van der Waals surface area contributed by atoms with Gasteiger partial charge >= 0.3 is 0 Å². The summed E-state index contributed by atoms with van der Waals surface area (Å²) in [6.07, 6.45) is 1.78. The maximum atomic E-state index is 8.68. The summed E-state index contributed by atoms with van der Waals surface area (Å²) in [7, 11) is 1.80. The molecule has 0 unspecified atom stereocenters. The molecule has 0 saturated carbocycles. The fourth-order valence-corrected chi connectivity index (χ4v) is 0.957. The van der Waals surface area contributed by atoms with Gasteiger partial charge in [0.1, 0.15) is 12.3 Å². The van der Waals surface area contributed by atoms with Crippen molar-refractivity contribution in [3.05, 3.63) is 18.2 Å². The third kappa shape index (κ3) is 1.43. The predicted molar refractivity (Wildman–Crippen MR) is 42.4 cm³/mol. The van der Waals surface area contributed by atoms with Crippen molar-refractivity contribution in [2.75, 3.05) is 0 Å². The highest BCUT2D eigenvalue weighted by Crippen LogP contribution is 2.11. The average molecular weight is 180 g/mol. The zero-order valence-electron chi connectivity index (χ0n) is 7.01. The lowest BCUT2D eigenvalue weighted by molar-refractivity contribution is 0.222. The van der Waals surface area contributed by atoms with E-state index in [-0.39, 0.29) is 12.5 Å². The molecule has 1 N–H and O–H groups in total. The lowest BCUT2D eigenvalue weighted by Gasteiger charge is -1.84. The van der Waals surface area contributed by atoms with Gasteiger partial charge in [-0.05, 0) is 6.07 Å². The quantitative estimate of drug-likeness (QED) is 0.701. The fourth-order valence-electron chi connectivity index (χ4n) is 0.957. The first-order valence-electron chi connectivity index (χ1n) is 3.73. The van der Waals surface area contributed by atoms with E-state index in [9.17, 15) is 0 Å². The number of aliphatic hydroxyl groups is 1. The molecule has 0 spiro atoms. The molecule has 2 heterocycles. The van der Waals surface area contributed by atoms with Gasteiger partial charge in [-0.1, -0.05) is 5.16 Å². The van der Waals surface area contributed by atoms with Crippen LogP contribution < -0.4 is 0 Å². The van der Waals surface area contributed by atoms with Gasteiger partial charge in [0, 0.05) is 13.2 Å². The number of aryl methyl sites for hydroxylation is 1. The fraction of sp³-hybridized carbons (Fsp3) is 0.286. The molecule has 68 valence electrons. The molecule has 6 nitrogen and oxygen atoms in total. The lowest BCUT2D eigenvalue weighted by atomic mass is 10.4. The smallest absolute Gasteiger partial charge is 0.252 e. The molecule has 0 fully saturated rings. The Hall–Kier alpha value is -1.69. The Labute approximate surface area is 73.8 Å². The van der Waals surface area contributed by atoms with Crippen LogP contribution in [-0.4, -0.2) is 25.0 Å². The van der Waals surface area contributed by atoms with Crippen molar-refractivity contribution in [3.63, 3.8) is 0 Å². The monoisotopic (exact) mass is 180 g/mol. The molecule has 13 heavy (non-hydrogen) atoms. The first-order chi connectivity index (χ1) is 6.29. The van der Waals surface area contributed by atoms with Gasteiger partial charge in [-0.2, -0.15) is 10.1 Å². The lowest BCUT2D eigenvalue weighted by Crippen LogP contribution is -1.89. The summed E-state index contributed by atoms with van der Waals surface area (Å²) in [4.78, 5) is 3.91. The summed E-state index contributed by atoms with van der Waals surface area (Å²) >= 11 is 0. The molecule has 0 saturated heterocycles. The van der Waals surface area contributed by atoms with E-state index in [1.807, 2.05) is 0 Å². The van der Waals surface area contributed by atoms with Gasteiger partial charge in [-0.3, -0.25) is 4.68 Å². The first-order valence-corrected chi connectivity index (χ1v) is 3.73. The van der Waals surface area contributed by atoms with Crippen LogP contribution in [0.5, 0.6) is 0 Å². The third-order valence-corrected chi connectivity index (χ3v) is 1.55. The van der Waals surface area contributed by atoms with Crippen LogP contribution in [0, 0.1) is 0 Å². The number of hydrogen-bond donors (Lipinski definition) is 1. The first kappa shape index (κ1) is 7.93. The number of rotatable bonds is 2. The number of nitrogens with zero attached hydrogens (tertiary/aromatic N) is 4. The van der Waals surface area contributed by atoms with E-state index in [0.717, 1.165) is 0 Å². The van der Waals surface area contributed by atoms with Gasteiger partial charge in [0.2, 0.25) is 5.82 Å². The predicted octanol–water partition coefficient (Wildman–Crippen LogP) is -0.0376. The van der Waals surface area contributed by atoms with Crippen LogP contribution in [0.15, 0.2) is 16.8 Å². The van der Waals surface area contributed by atoms with Gasteiger partial charge < -0.3 is 9.63 Å². The Kier molecular flexibility index (Phi) is 1.82. The number of hydrogen-bond acceptors (Lipinski definition) is 5. The van der Waals surface area contributed by atoms with Crippen molar-refractivity contribution in [1.29, 1.82) is 0 Å². The maximum Gasteiger partial charge on any atom is 0.252 e. The van der Waals surface area contributed by atoms with E-state index in [0.29, 0.717) is 11.5 Å². The van der Waals surface area contributed by atoms with Crippen LogP contribution in [0.25, 0.3) is 11.5 Å². The summed E-state index contributed by atoms with van der Waals surface area (Å²) in [5.41, 5.74) is 0.631.